The smallest absolute Gasteiger partial charge is 0.329 e. The Morgan fingerprint density at radius 3 is 2.68 bits per heavy atom. The Hall–Kier alpha value is -1.26. The monoisotopic (exact) mass is 283 g/mol. The number of ether oxygens (including phenoxy) is 1. The van der Waals surface area contributed by atoms with Crippen LogP contribution in [-0.4, -0.2) is 29.8 Å². The summed E-state index contributed by atoms with van der Waals surface area (Å²) in [7, 11) is 1.67. The predicted octanol–water partition coefficient (Wildman–Crippen LogP) is 3.16. The summed E-state index contributed by atoms with van der Waals surface area (Å²) < 4.78 is 5.29. The van der Waals surface area contributed by atoms with Gasteiger partial charge in [0.05, 0.1) is 6.10 Å². The Morgan fingerprint density at radius 1 is 1.47 bits per heavy atom. The van der Waals surface area contributed by atoms with Gasteiger partial charge in [-0.3, -0.25) is 0 Å². The highest BCUT2D eigenvalue weighted by molar-refractivity contribution is 6.30. The van der Waals surface area contributed by atoms with Crippen molar-refractivity contribution in [3.63, 3.8) is 0 Å². The van der Waals surface area contributed by atoms with Gasteiger partial charge in [0.25, 0.3) is 0 Å². The van der Waals surface area contributed by atoms with Crippen LogP contribution in [0.25, 0.3) is 0 Å². The molecule has 0 spiro atoms. The van der Waals surface area contributed by atoms with E-state index in [1.165, 1.54) is 0 Å². The van der Waals surface area contributed by atoms with E-state index in [-0.39, 0.29) is 6.10 Å². The zero-order chi connectivity index (χ0) is 13.9. The van der Waals surface area contributed by atoms with Gasteiger partial charge in [-0.25, -0.2) is 4.79 Å². The van der Waals surface area contributed by atoms with Gasteiger partial charge < -0.3 is 15.2 Å². The van der Waals surface area contributed by atoms with E-state index in [0.717, 1.165) is 18.5 Å². The summed E-state index contributed by atoms with van der Waals surface area (Å²) in [6, 6.07) is 7.15. The van der Waals surface area contributed by atoms with Crippen LogP contribution in [0.5, 0.6) is 0 Å². The van der Waals surface area contributed by atoms with Gasteiger partial charge in [-0.15, -0.1) is 0 Å². The molecule has 2 N–H and O–H groups in total. The molecule has 1 aromatic rings. The van der Waals surface area contributed by atoms with Crippen LogP contribution in [0.1, 0.15) is 25.7 Å². The van der Waals surface area contributed by atoms with Crippen molar-refractivity contribution in [2.24, 2.45) is 0 Å². The molecule has 2 rings (SSSR count). The highest BCUT2D eigenvalue weighted by Crippen LogP contribution is 2.33. The molecule has 1 saturated carbocycles. The molecule has 19 heavy (non-hydrogen) atoms. The number of hydrogen-bond acceptors (Lipinski definition) is 3. The molecule has 1 aromatic carbocycles. The predicted molar refractivity (Wildman–Crippen MR) is 74.7 cm³/mol. The second-order valence-corrected chi connectivity index (χ2v) is 5.39. The summed E-state index contributed by atoms with van der Waals surface area (Å²) >= 11 is 5.93. The fourth-order valence-electron chi connectivity index (χ4n) is 2.55. The summed E-state index contributed by atoms with van der Waals surface area (Å²) in [5.41, 5.74) is -0.176. The van der Waals surface area contributed by atoms with E-state index in [0.29, 0.717) is 17.9 Å². The second-order valence-electron chi connectivity index (χ2n) is 4.96. The van der Waals surface area contributed by atoms with Crippen LogP contribution in [0.3, 0.4) is 0 Å². The van der Waals surface area contributed by atoms with Gasteiger partial charge in [-0.05, 0) is 43.9 Å². The molecular weight excluding hydrogens is 266 g/mol. The zero-order valence-electron chi connectivity index (χ0n) is 10.9. The molecule has 0 amide bonds. The van der Waals surface area contributed by atoms with E-state index in [1.54, 1.807) is 25.3 Å². The van der Waals surface area contributed by atoms with Crippen molar-refractivity contribution in [3.05, 3.63) is 29.3 Å². The van der Waals surface area contributed by atoms with Gasteiger partial charge in [-0.2, -0.15) is 0 Å². The number of benzene rings is 1. The number of carboxylic acid groups (broad SMARTS) is 1. The number of rotatable bonds is 4. The fraction of sp³-hybridized carbons (Fsp3) is 0.500. The molecular formula is C14H18ClNO3. The molecule has 0 aliphatic heterocycles. The second kappa shape index (κ2) is 5.80. The first-order valence-electron chi connectivity index (χ1n) is 6.36. The number of nitrogens with one attached hydrogen (secondary N) is 1. The van der Waals surface area contributed by atoms with Crippen molar-refractivity contribution in [1.29, 1.82) is 0 Å². The van der Waals surface area contributed by atoms with Crippen LogP contribution in [-0.2, 0) is 9.53 Å². The van der Waals surface area contributed by atoms with Gasteiger partial charge in [-0.1, -0.05) is 17.7 Å². The molecule has 4 nitrogen and oxygen atoms in total. The normalized spacial score (nSPS) is 26.9. The van der Waals surface area contributed by atoms with Crippen molar-refractivity contribution < 1.29 is 14.6 Å². The van der Waals surface area contributed by atoms with Crippen LogP contribution >= 0.6 is 11.6 Å². The third kappa shape index (κ3) is 3.19. The Kier molecular flexibility index (Phi) is 4.32. The summed E-state index contributed by atoms with van der Waals surface area (Å²) in [6.07, 6.45) is 2.75. The fourth-order valence-corrected chi connectivity index (χ4v) is 2.74. The molecule has 0 bridgehead atoms. The molecule has 104 valence electrons. The average Bonchev–Trinajstić information content (AvgIpc) is 2.39. The lowest BCUT2D eigenvalue weighted by molar-refractivity contribution is -0.144. The Bertz CT molecular complexity index is 456. The van der Waals surface area contributed by atoms with Crippen molar-refractivity contribution >= 4 is 23.3 Å². The van der Waals surface area contributed by atoms with E-state index < -0.39 is 11.5 Å². The number of halogens is 1. The highest BCUT2D eigenvalue weighted by Gasteiger charge is 2.42. The van der Waals surface area contributed by atoms with Gasteiger partial charge >= 0.3 is 5.97 Å². The number of anilines is 1. The molecule has 0 radical (unpaired) electrons. The SMILES string of the molecule is COC1CCC(Nc2cccc(Cl)c2)(C(=O)O)CC1. The third-order valence-electron chi connectivity index (χ3n) is 3.74. The Balaban J connectivity index is 2.15. The number of hydrogen-bond donors (Lipinski definition) is 2. The number of carboxylic acids is 1. The minimum Gasteiger partial charge on any atom is -0.480 e. The largest absolute Gasteiger partial charge is 0.480 e. The summed E-state index contributed by atoms with van der Waals surface area (Å²) in [6.45, 7) is 0. The molecule has 0 unspecified atom stereocenters. The topological polar surface area (TPSA) is 58.6 Å². The summed E-state index contributed by atoms with van der Waals surface area (Å²) in [4.78, 5) is 11.6. The lowest BCUT2D eigenvalue weighted by atomic mass is 9.80. The van der Waals surface area contributed by atoms with E-state index in [1.807, 2.05) is 6.07 Å². The summed E-state index contributed by atoms with van der Waals surface area (Å²) in [5, 5.41) is 13.3. The Morgan fingerprint density at radius 2 is 2.16 bits per heavy atom. The Labute approximate surface area is 117 Å². The third-order valence-corrected chi connectivity index (χ3v) is 3.97. The van der Waals surface area contributed by atoms with Crippen LogP contribution in [0.2, 0.25) is 5.02 Å². The van der Waals surface area contributed by atoms with Crippen molar-refractivity contribution in [1.82, 2.24) is 0 Å². The maximum atomic E-state index is 11.6. The van der Waals surface area contributed by atoms with Gasteiger partial charge in [0.2, 0.25) is 0 Å². The quantitative estimate of drug-likeness (QED) is 0.891. The van der Waals surface area contributed by atoms with E-state index in [4.69, 9.17) is 16.3 Å². The van der Waals surface area contributed by atoms with Gasteiger partial charge in [0.1, 0.15) is 5.54 Å². The van der Waals surface area contributed by atoms with Gasteiger partial charge in [0.15, 0.2) is 0 Å². The first-order valence-corrected chi connectivity index (χ1v) is 6.73. The summed E-state index contributed by atoms with van der Waals surface area (Å²) in [5.74, 6) is -0.818. The molecule has 0 heterocycles. The van der Waals surface area contributed by atoms with Crippen LogP contribution in [0, 0.1) is 0 Å². The molecule has 5 heteroatoms. The van der Waals surface area contributed by atoms with Crippen molar-refractivity contribution in [3.8, 4) is 0 Å². The van der Waals surface area contributed by atoms with Crippen LogP contribution < -0.4 is 5.32 Å². The highest BCUT2D eigenvalue weighted by atomic mass is 35.5. The van der Waals surface area contributed by atoms with E-state index in [9.17, 15) is 9.90 Å². The van der Waals surface area contributed by atoms with E-state index >= 15 is 0 Å². The molecule has 1 aliphatic carbocycles. The lowest BCUT2D eigenvalue weighted by Crippen LogP contribution is -2.50. The molecule has 1 fully saturated rings. The first-order chi connectivity index (χ1) is 9.05. The molecule has 0 atom stereocenters. The maximum Gasteiger partial charge on any atom is 0.329 e. The standard InChI is InChI=1S/C14H18ClNO3/c1-19-12-5-7-14(8-6-12,13(17)18)16-11-4-2-3-10(15)9-11/h2-4,9,12,16H,5-8H2,1H3,(H,17,18). The zero-order valence-corrected chi connectivity index (χ0v) is 11.6. The minimum atomic E-state index is -0.917. The van der Waals surface area contributed by atoms with Crippen molar-refractivity contribution in [2.45, 2.75) is 37.3 Å². The number of carbonyl (C=O) groups is 1. The average molecular weight is 284 g/mol. The molecule has 1 aliphatic rings. The minimum absolute atomic E-state index is 0.161. The molecule has 0 saturated heterocycles. The number of aliphatic carboxylic acids is 1. The van der Waals surface area contributed by atoms with Gasteiger partial charge in [0, 0.05) is 17.8 Å². The van der Waals surface area contributed by atoms with Crippen molar-refractivity contribution in [2.75, 3.05) is 12.4 Å². The lowest BCUT2D eigenvalue weighted by Gasteiger charge is -2.37. The first kappa shape index (κ1) is 14.2. The van der Waals surface area contributed by atoms with Crippen LogP contribution in [0.4, 0.5) is 5.69 Å². The molecule has 0 aromatic heterocycles. The maximum absolute atomic E-state index is 11.6. The van der Waals surface area contributed by atoms with Crippen LogP contribution in [0.15, 0.2) is 24.3 Å². The number of methoxy groups -OCH3 is 1. The van der Waals surface area contributed by atoms with E-state index in [2.05, 4.69) is 5.32 Å².